The molecule has 0 aliphatic carbocycles. The van der Waals surface area contributed by atoms with E-state index in [4.69, 9.17) is 4.74 Å². The van der Waals surface area contributed by atoms with Crippen molar-refractivity contribution in [3.05, 3.63) is 65.2 Å². The number of guanidine groups is 1. The van der Waals surface area contributed by atoms with Crippen molar-refractivity contribution in [2.45, 2.75) is 13.5 Å². The Balaban J connectivity index is 0.00000364. The number of hydrogen-bond donors (Lipinski definition) is 3. The summed E-state index contributed by atoms with van der Waals surface area (Å²) in [6.45, 7) is 3.83. The van der Waals surface area contributed by atoms with Gasteiger partial charge in [-0.05, 0) is 36.8 Å². The van der Waals surface area contributed by atoms with E-state index in [9.17, 15) is 4.79 Å². The number of rotatable bonds is 7. The molecule has 0 aliphatic rings. The van der Waals surface area contributed by atoms with Crippen molar-refractivity contribution in [1.82, 2.24) is 16.0 Å². The maximum absolute atomic E-state index is 12.1. The van der Waals surface area contributed by atoms with E-state index in [1.165, 1.54) is 11.1 Å². The van der Waals surface area contributed by atoms with Crippen molar-refractivity contribution in [3.8, 4) is 5.75 Å². The van der Waals surface area contributed by atoms with Gasteiger partial charge in [-0.3, -0.25) is 9.79 Å². The van der Waals surface area contributed by atoms with Crippen LogP contribution in [0, 0.1) is 6.92 Å². The van der Waals surface area contributed by atoms with Gasteiger partial charge in [0.25, 0.3) is 5.91 Å². The lowest BCUT2D eigenvalue weighted by atomic mass is 10.1. The van der Waals surface area contributed by atoms with Gasteiger partial charge in [0, 0.05) is 32.2 Å². The van der Waals surface area contributed by atoms with Crippen molar-refractivity contribution >= 4 is 35.8 Å². The van der Waals surface area contributed by atoms with Crippen LogP contribution in [0.15, 0.2) is 53.5 Å². The van der Waals surface area contributed by atoms with Crippen molar-refractivity contribution in [2.24, 2.45) is 4.99 Å². The maximum atomic E-state index is 12.1. The number of halogens is 1. The Kier molecular flexibility index (Phi) is 10.2. The predicted molar refractivity (Wildman–Crippen MR) is 120 cm³/mol. The van der Waals surface area contributed by atoms with E-state index in [-0.39, 0.29) is 29.9 Å². The summed E-state index contributed by atoms with van der Waals surface area (Å²) in [5.41, 5.74) is 3.03. The van der Waals surface area contributed by atoms with E-state index < -0.39 is 0 Å². The highest BCUT2D eigenvalue weighted by molar-refractivity contribution is 14.0. The van der Waals surface area contributed by atoms with Crippen LogP contribution in [0.25, 0.3) is 0 Å². The van der Waals surface area contributed by atoms with Crippen molar-refractivity contribution in [2.75, 3.05) is 27.2 Å². The molecule has 0 spiro atoms. The molecule has 7 heteroatoms. The Bertz CT molecular complexity index is 731. The number of carbonyl (C=O) groups excluding carboxylic acids is 1. The summed E-state index contributed by atoms with van der Waals surface area (Å²) in [4.78, 5) is 16.3. The number of nitrogens with one attached hydrogen (secondary N) is 3. The molecule has 0 aromatic heterocycles. The minimum atomic E-state index is -0.114. The molecular weight excluding hydrogens is 455 g/mol. The van der Waals surface area contributed by atoms with Crippen LogP contribution in [0.3, 0.4) is 0 Å². The highest BCUT2D eigenvalue weighted by Gasteiger charge is 2.05. The number of methoxy groups -OCH3 is 1. The molecule has 2 aromatic carbocycles. The van der Waals surface area contributed by atoms with Gasteiger partial charge in [-0.2, -0.15) is 0 Å². The molecular formula is C20H27IN4O2. The summed E-state index contributed by atoms with van der Waals surface area (Å²) in [7, 11) is 3.32. The van der Waals surface area contributed by atoms with E-state index >= 15 is 0 Å². The molecule has 27 heavy (non-hydrogen) atoms. The van der Waals surface area contributed by atoms with Crippen molar-refractivity contribution < 1.29 is 9.53 Å². The fourth-order valence-electron chi connectivity index (χ4n) is 2.31. The van der Waals surface area contributed by atoms with Crippen LogP contribution in [-0.2, 0) is 6.54 Å². The lowest BCUT2D eigenvalue weighted by molar-refractivity contribution is 0.0954. The monoisotopic (exact) mass is 482 g/mol. The largest absolute Gasteiger partial charge is 0.497 e. The Morgan fingerprint density at radius 3 is 2.19 bits per heavy atom. The van der Waals surface area contributed by atoms with Gasteiger partial charge < -0.3 is 20.7 Å². The number of nitrogens with zero attached hydrogens (tertiary/aromatic N) is 1. The number of aryl methyl sites for hydroxylation is 1. The zero-order valence-corrected chi connectivity index (χ0v) is 18.2. The smallest absolute Gasteiger partial charge is 0.251 e. The first-order valence-corrected chi connectivity index (χ1v) is 8.54. The van der Waals surface area contributed by atoms with Crippen LogP contribution in [0.2, 0.25) is 0 Å². The van der Waals surface area contributed by atoms with E-state index in [1.807, 2.05) is 0 Å². The quantitative estimate of drug-likeness (QED) is 0.246. The van der Waals surface area contributed by atoms with Crippen LogP contribution in [0.5, 0.6) is 5.75 Å². The van der Waals surface area contributed by atoms with Gasteiger partial charge in [0.15, 0.2) is 5.96 Å². The molecule has 0 heterocycles. The molecule has 0 bridgehead atoms. The van der Waals surface area contributed by atoms with Gasteiger partial charge in [-0.1, -0.05) is 29.8 Å². The van der Waals surface area contributed by atoms with Crippen LogP contribution < -0.4 is 20.7 Å². The van der Waals surface area contributed by atoms with Gasteiger partial charge in [-0.15, -0.1) is 24.0 Å². The molecule has 2 rings (SSSR count). The second kappa shape index (κ2) is 12.2. The normalized spacial score (nSPS) is 10.6. The Hall–Kier alpha value is -2.29. The standard InChI is InChI=1S/C20H26N4O2.HI/c1-15-4-6-16(7-5-15)14-24-20(21-2)23-13-12-22-19(25)17-8-10-18(26-3)11-9-17;/h4-11H,12-14H2,1-3H3,(H,22,25)(H2,21,23,24);1H. The summed E-state index contributed by atoms with van der Waals surface area (Å²) < 4.78 is 5.09. The Morgan fingerprint density at radius 2 is 1.59 bits per heavy atom. The van der Waals surface area contributed by atoms with Gasteiger partial charge >= 0.3 is 0 Å². The summed E-state index contributed by atoms with van der Waals surface area (Å²) >= 11 is 0. The first kappa shape index (κ1) is 22.8. The third-order valence-electron chi connectivity index (χ3n) is 3.86. The fourth-order valence-corrected chi connectivity index (χ4v) is 2.31. The number of benzene rings is 2. The van der Waals surface area contributed by atoms with Gasteiger partial charge in [-0.25, -0.2) is 0 Å². The summed E-state index contributed by atoms with van der Waals surface area (Å²) in [6.07, 6.45) is 0. The lowest BCUT2D eigenvalue weighted by Crippen LogP contribution is -2.41. The summed E-state index contributed by atoms with van der Waals surface area (Å²) in [5, 5.41) is 9.30. The van der Waals surface area contributed by atoms with E-state index in [0.29, 0.717) is 31.2 Å². The average Bonchev–Trinajstić information content (AvgIpc) is 2.68. The minimum Gasteiger partial charge on any atom is -0.497 e. The highest BCUT2D eigenvalue weighted by atomic mass is 127. The first-order chi connectivity index (χ1) is 12.6. The molecule has 6 nitrogen and oxygen atoms in total. The molecule has 0 fully saturated rings. The molecule has 3 N–H and O–H groups in total. The molecule has 0 atom stereocenters. The number of aliphatic imine (C=N–C) groups is 1. The van der Waals surface area contributed by atoms with Crippen molar-refractivity contribution in [3.63, 3.8) is 0 Å². The predicted octanol–water partition coefficient (Wildman–Crippen LogP) is 2.72. The molecule has 2 aromatic rings. The first-order valence-electron chi connectivity index (χ1n) is 8.54. The lowest BCUT2D eigenvalue weighted by Gasteiger charge is -2.12. The number of hydrogen-bond acceptors (Lipinski definition) is 3. The number of carbonyl (C=O) groups is 1. The molecule has 146 valence electrons. The molecule has 0 aliphatic heterocycles. The molecule has 0 saturated heterocycles. The van der Waals surface area contributed by atoms with Crippen LogP contribution in [0.1, 0.15) is 21.5 Å². The van der Waals surface area contributed by atoms with E-state index in [1.54, 1.807) is 38.4 Å². The zero-order valence-electron chi connectivity index (χ0n) is 15.9. The molecule has 0 radical (unpaired) electrons. The van der Waals surface area contributed by atoms with Gasteiger partial charge in [0.05, 0.1) is 7.11 Å². The Labute approximate surface area is 177 Å². The number of ether oxygens (including phenoxy) is 1. The van der Waals surface area contributed by atoms with E-state index in [0.717, 1.165) is 5.75 Å². The van der Waals surface area contributed by atoms with Crippen LogP contribution in [-0.4, -0.2) is 39.1 Å². The van der Waals surface area contributed by atoms with Crippen molar-refractivity contribution in [1.29, 1.82) is 0 Å². The highest BCUT2D eigenvalue weighted by Crippen LogP contribution is 2.10. The van der Waals surface area contributed by atoms with Crippen LogP contribution in [0.4, 0.5) is 0 Å². The third kappa shape index (κ3) is 7.86. The molecule has 0 unspecified atom stereocenters. The maximum Gasteiger partial charge on any atom is 0.251 e. The third-order valence-corrected chi connectivity index (χ3v) is 3.86. The zero-order chi connectivity index (χ0) is 18.8. The SMILES string of the molecule is CN=C(NCCNC(=O)c1ccc(OC)cc1)NCc1ccc(C)cc1.I. The van der Waals surface area contributed by atoms with Gasteiger partial charge in [0.1, 0.15) is 5.75 Å². The molecule has 0 saturated carbocycles. The Morgan fingerprint density at radius 1 is 0.963 bits per heavy atom. The topological polar surface area (TPSA) is 74.8 Å². The van der Waals surface area contributed by atoms with Gasteiger partial charge in [0.2, 0.25) is 0 Å². The van der Waals surface area contributed by atoms with E-state index in [2.05, 4.69) is 52.1 Å². The molecule has 1 amide bonds. The fraction of sp³-hybridized carbons (Fsp3) is 0.300. The summed E-state index contributed by atoms with van der Waals surface area (Å²) in [5.74, 6) is 1.31. The van der Waals surface area contributed by atoms with Crippen LogP contribution >= 0.6 is 24.0 Å². The minimum absolute atomic E-state index is 0. The average molecular weight is 482 g/mol. The summed E-state index contributed by atoms with van der Waals surface area (Å²) in [6, 6.07) is 15.4. The second-order valence-electron chi connectivity index (χ2n) is 5.82. The second-order valence-corrected chi connectivity index (χ2v) is 5.82. The number of amides is 1.